The van der Waals surface area contributed by atoms with Gasteiger partial charge in [0.15, 0.2) is 5.75 Å². The number of nitrogens with zero attached hydrogens (tertiary/aromatic N) is 1. The molecule has 2 aromatic rings. The van der Waals surface area contributed by atoms with Crippen molar-refractivity contribution >= 4 is 0 Å². The van der Waals surface area contributed by atoms with Crippen LogP contribution in [0.4, 0.5) is 0 Å². The van der Waals surface area contributed by atoms with Gasteiger partial charge in [0, 0.05) is 17.5 Å². The van der Waals surface area contributed by atoms with Gasteiger partial charge in [-0.1, -0.05) is 12.1 Å². The highest BCUT2D eigenvalue weighted by Crippen LogP contribution is 2.19. The quantitative estimate of drug-likeness (QED) is 0.814. The summed E-state index contributed by atoms with van der Waals surface area (Å²) in [6, 6.07) is 8.23. The van der Waals surface area contributed by atoms with E-state index >= 15 is 0 Å². The molecule has 0 atom stereocenters. The largest absolute Gasteiger partial charge is 0.504 e. The summed E-state index contributed by atoms with van der Waals surface area (Å²) >= 11 is 0. The van der Waals surface area contributed by atoms with Crippen molar-refractivity contribution in [2.45, 2.75) is 13.8 Å². The summed E-state index contributed by atoms with van der Waals surface area (Å²) < 4.78 is 0. The third kappa shape index (κ3) is 2.33. The van der Waals surface area contributed by atoms with Gasteiger partial charge in [-0.25, -0.2) is 0 Å². The van der Waals surface area contributed by atoms with Crippen LogP contribution in [-0.4, -0.2) is 10.1 Å². The average molecular weight is 227 g/mol. The number of pyridine rings is 1. The predicted molar refractivity (Wildman–Crippen MR) is 67.1 cm³/mol. The molecule has 86 valence electrons. The Morgan fingerprint density at radius 2 is 1.88 bits per heavy atom. The first-order chi connectivity index (χ1) is 8.08. The fourth-order valence-corrected chi connectivity index (χ4v) is 1.57. The van der Waals surface area contributed by atoms with E-state index in [2.05, 4.69) is 4.98 Å². The second-order valence-electron chi connectivity index (χ2n) is 4.00. The molecule has 0 unspecified atom stereocenters. The summed E-state index contributed by atoms with van der Waals surface area (Å²) in [5, 5.41) is 9.32. The molecular weight excluding hydrogens is 214 g/mol. The van der Waals surface area contributed by atoms with Gasteiger partial charge in [-0.15, -0.1) is 0 Å². The Morgan fingerprint density at radius 3 is 2.59 bits per heavy atom. The van der Waals surface area contributed by atoms with Gasteiger partial charge in [0.25, 0.3) is 0 Å². The minimum atomic E-state index is -0.386. The highest BCUT2D eigenvalue weighted by molar-refractivity contribution is 5.63. The lowest BCUT2D eigenvalue weighted by atomic mass is 10.1. The van der Waals surface area contributed by atoms with Crippen molar-refractivity contribution in [2.75, 3.05) is 0 Å². The first-order valence-electron chi connectivity index (χ1n) is 5.35. The Bertz CT molecular complexity index is 621. The molecule has 0 aliphatic carbocycles. The first-order valence-corrected chi connectivity index (χ1v) is 5.35. The molecule has 0 spiro atoms. The molecular formula is C14H13NO2. The number of hydrogen-bond donors (Lipinski definition) is 1. The fourth-order valence-electron chi connectivity index (χ4n) is 1.57. The Kier molecular flexibility index (Phi) is 2.91. The van der Waals surface area contributed by atoms with E-state index in [4.69, 9.17) is 0 Å². The number of aromatic nitrogens is 1. The van der Waals surface area contributed by atoms with Crippen LogP contribution in [0, 0.1) is 13.8 Å². The average Bonchev–Trinajstić information content (AvgIpc) is 2.46. The number of aryl methyl sites for hydroxylation is 2. The van der Waals surface area contributed by atoms with Gasteiger partial charge in [0.1, 0.15) is 0 Å². The van der Waals surface area contributed by atoms with Crippen molar-refractivity contribution in [3.8, 4) is 16.9 Å². The standard InChI is InChI=1S/C14H13NO2/c1-9-6-12(8-15-10(9)2)11-4-3-5-13(16)14(17)7-11/h3-8H,1-2H3,(H,16,17). The highest BCUT2D eigenvalue weighted by Gasteiger charge is 2.02. The molecule has 0 aliphatic heterocycles. The van der Waals surface area contributed by atoms with Gasteiger partial charge in [0.05, 0.1) is 0 Å². The van der Waals surface area contributed by atoms with E-state index in [0.717, 1.165) is 22.4 Å². The summed E-state index contributed by atoms with van der Waals surface area (Å²) in [5.41, 5.74) is 3.29. The fraction of sp³-hybridized carbons (Fsp3) is 0.143. The van der Waals surface area contributed by atoms with Gasteiger partial charge in [-0.2, -0.15) is 0 Å². The van der Waals surface area contributed by atoms with Gasteiger partial charge >= 0.3 is 0 Å². The van der Waals surface area contributed by atoms with E-state index in [0.29, 0.717) is 0 Å². The molecule has 2 rings (SSSR count). The first kappa shape index (κ1) is 11.3. The van der Waals surface area contributed by atoms with Crippen molar-refractivity contribution in [2.24, 2.45) is 0 Å². The van der Waals surface area contributed by atoms with Crippen LogP contribution in [0.15, 0.2) is 41.3 Å². The summed E-state index contributed by atoms with van der Waals surface area (Å²) in [5.74, 6) is -0.243. The lowest BCUT2D eigenvalue weighted by Crippen LogP contribution is -1.94. The molecule has 1 aromatic carbocycles. The van der Waals surface area contributed by atoms with E-state index in [1.54, 1.807) is 18.3 Å². The van der Waals surface area contributed by atoms with Crippen LogP contribution in [0.1, 0.15) is 11.3 Å². The molecule has 3 nitrogen and oxygen atoms in total. The predicted octanol–water partition coefficient (Wildman–Crippen LogP) is 2.43. The van der Waals surface area contributed by atoms with Crippen LogP contribution in [-0.2, 0) is 0 Å². The van der Waals surface area contributed by atoms with Crippen LogP contribution in [0.2, 0.25) is 0 Å². The van der Waals surface area contributed by atoms with Crippen LogP contribution >= 0.6 is 0 Å². The monoisotopic (exact) mass is 227 g/mol. The molecule has 0 amide bonds. The molecule has 1 aromatic heterocycles. The third-order valence-electron chi connectivity index (χ3n) is 2.74. The van der Waals surface area contributed by atoms with E-state index in [1.807, 2.05) is 19.9 Å². The second kappa shape index (κ2) is 4.37. The number of hydrogen-bond acceptors (Lipinski definition) is 3. The van der Waals surface area contributed by atoms with Gasteiger partial charge in [0.2, 0.25) is 5.43 Å². The number of aromatic hydroxyl groups is 1. The maximum Gasteiger partial charge on any atom is 0.220 e. The zero-order valence-electron chi connectivity index (χ0n) is 9.77. The molecule has 0 saturated heterocycles. The van der Waals surface area contributed by atoms with E-state index in [9.17, 15) is 9.90 Å². The smallest absolute Gasteiger partial charge is 0.220 e. The Hall–Kier alpha value is -2.16. The summed E-state index contributed by atoms with van der Waals surface area (Å²) in [4.78, 5) is 15.8. The zero-order valence-corrected chi connectivity index (χ0v) is 9.77. The second-order valence-corrected chi connectivity index (χ2v) is 4.00. The van der Waals surface area contributed by atoms with Crippen molar-refractivity contribution < 1.29 is 5.11 Å². The minimum Gasteiger partial charge on any atom is -0.504 e. The van der Waals surface area contributed by atoms with E-state index in [-0.39, 0.29) is 11.2 Å². The molecule has 3 heteroatoms. The Morgan fingerprint density at radius 1 is 1.12 bits per heavy atom. The molecule has 1 N–H and O–H groups in total. The summed E-state index contributed by atoms with van der Waals surface area (Å²) in [6.45, 7) is 3.92. The van der Waals surface area contributed by atoms with E-state index in [1.165, 1.54) is 12.1 Å². The Balaban J connectivity index is 2.61. The maximum absolute atomic E-state index is 11.5. The third-order valence-corrected chi connectivity index (χ3v) is 2.74. The maximum atomic E-state index is 11.5. The van der Waals surface area contributed by atoms with Crippen LogP contribution in [0.3, 0.4) is 0 Å². The van der Waals surface area contributed by atoms with Gasteiger partial charge in [-0.05, 0) is 43.2 Å². The van der Waals surface area contributed by atoms with Crippen LogP contribution in [0.5, 0.6) is 5.75 Å². The normalized spacial score (nSPS) is 10.2. The lowest BCUT2D eigenvalue weighted by molar-refractivity contribution is 0.471. The highest BCUT2D eigenvalue weighted by atomic mass is 16.3. The summed E-state index contributed by atoms with van der Waals surface area (Å²) in [7, 11) is 0. The Labute approximate surface area is 99.4 Å². The number of rotatable bonds is 1. The zero-order chi connectivity index (χ0) is 12.4. The van der Waals surface area contributed by atoms with E-state index < -0.39 is 0 Å². The van der Waals surface area contributed by atoms with Gasteiger partial charge in [-0.3, -0.25) is 9.78 Å². The molecule has 0 bridgehead atoms. The molecule has 17 heavy (non-hydrogen) atoms. The SMILES string of the molecule is Cc1cc(-c2cccc(O)c(=O)c2)cnc1C. The van der Waals surface area contributed by atoms with Crippen molar-refractivity contribution in [3.05, 3.63) is 58.0 Å². The molecule has 0 radical (unpaired) electrons. The minimum absolute atomic E-state index is 0.243. The van der Waals surface area contributed by atoms with Crippen LogP contribution in [0.25, 0.3) is 11.1 Å². The topological polar surface area (TPSA) is 50.2 Å². The van der Waals surface area contributed by atoms with Crippen molar-refractivity contribution in [1.29, 1.82) is 0 Å². The molecule has 1 heterocycles. The molecule has 0 aliphatic rings. The molecule has 0 fully saturated rings. The summed E-state index contributed by atoms with van der Waals surface area (Å²) in [6.07, 6.45) is 1.73. The van der Waals surface area contributed by atoms with Crippen molar-refractivity contribution in [1.82, 2.24) is 4.98 Å². The lowest BCUT2D eigenvalue weighted by Gasteiger charge is -2.02. The molecule has 0 saturated carbocycles. The van der Waals surface area contributed by atoms with Gasteiger partial charge < -0.3 is 5.11 Å². The van der Waals surface area contributed by atoms with Crippen molar-refractivity contribution in [3.63, 3.8) is 0 Å². The van der Waals surface area contributed by atoms with Crippen LogP contribution < -0.4 is 5.43 Å².